The van der Waals surface area contributed by atoms with Crippen LogP contribution in [0.25, 0.3) is 27.2 Å². The van der Waals surface area contributed by atoms with Gasteiger partial charge in [-0.3, -0.25) is 0 Å². The zero-order chi connectivity index (χ0) is 12.1. The van der Waals surface area contributed by atoms with Gasteiger partial charge in [0.15, 0.2) is 0 Å². The maximum absolute atomic E-state index is 4.47. The summed E-state index contributed by atoms with van der Waals surface area (Å²) in [5, 5.41) is 8.29. The number of aryl methyl sites for hydroxylation is 1. The van der Waals surface area contributed by atoms with Crippen molar-refractivity contribution in [3.8, 4) is 0 Å². The molecule has 0 aliphatic rings. The Balaban J connectivity index is 2.49. The summed E-state index contributed by atoms with van der Waals surface area (Å²) in [5.74, 6) is 0. The van der Waals surface area contributed by atoms with E-state index in [-0.39, 0.29) is 0 Å². The van der Waals surface area contributed by atoms with Crippen molar-refractivity contribution in [3.63, 3.8) is 0 Å². The van der Waals surface area contributed by atoms with Crippen LogP contribution in [0.4, 0.5) is 0 Å². The zero-order valence-electron chi connectivity index (χ0n) is 10.1. The summed E-state index contributed by atoms with van der Waals surface area (Å²) in [7, 11) is 0. The number of fused-ring (bicyclic) bond motifs is 6. The molecular weight excluding hydrogens is 220 g/mol. The highest BCUT2D eigenvalue weighted by Crippen LogP contribution is 2.30. The normalized spacial score (nSPS) is 11.6. The molecule has 0 saturated heterocycles. The molecule has 0 unspecified atom stereocenters. The molecule has 2 nitrogen and oxygen atoms in total. The number of hydrogen-bond donors (Lipinski definition) is 0. The summed E-state index contributed by atoms with van der Waals surface area (Å²) >= 11 is 0. The first-order valence-corrected chi connectivity index (χ1v) is 6.10. The smallest absolute Gasteiger partial charge is 0.0760 e. The Morgan fingerprint density at radius 1 is 0.833 bits per heavy atom. The number of para-hydroxylation sites is 1. The van der Waals surface area contributed by atoms with Crippen molar-refractivity contribution >= 4 is 27.2 Å². The van der Waals surface area contributed by atoms with Crippen molar-refractivity contribution in [3.05, 3.63) is 60.3 Å². The molecule has 0 fully saturated rings. The van der Waals surface area contributed by atoms with E-state index in [1.54, 1.807) is 0 Å². The van der Waals surface area contributed by atoms with Gasteiger partial charge in [0, 0.05) is 10.8 Å². The summed E-state index contributed by atoms with van der Waals surface area (Å²) in [5.41, 5.74) is 3.63. The van der Waals surface area contributed by atoms with Crippen molar-refractivity contribution in [2.75, 3.05) is 0 Å². The molecule has 2 heteroatoms. The van der Waals surface area contributed by atoms with Crippen LogP contribution in [0.5, 0.6) is 0 Å². The Morgan fingerprint density at radius 3 is 2.50 bits per heavy atom. The van der Waals surface area contributed by atoms with Crippen molar-refractivity contribution < 1.29 is 0 Å². The number of nitrogens with zero attached hydrogens (tertiary/aromatic N) is 2. The highest BCUT2D eigenvalue weighted by Gasteiger charge is 2.09. The Labute approximate surface area is 104 Å². The second kappa shape index (κ2) is 3.33. The van der Waals surface area contributed by atoms with Crippen molar-refractivity contribution in [1.29, 1.82) is 0 Å². The second-order valence-electron chi connectivity index (χ2n) is 4.64. The Kier molecular flexibility index (Phi) is 1.78. The third-order valence-electron chi connectivity index (χ3n) is 3.59. The van der Waals surface area contributed by atoms with Gasteiger partial charge in [0.2, 0.25) is 0 Å². The Bertz CT molecular complexity index is 887. The van der Waals surface area contributed by atoms with E-state index < -0.39 is 0 Å². The highest BCUT2D eigenvalue weighted by molar-refractivity contribution is 6.12. The van der Waals surface area contributed by atoms with E-state index in [2.05, 4.69) is 60.6 Å². The predicted octanol–water partition coefficient (Wildman–Crippen LogP) is 3.95. The molecule has 18 heavy (non-hydrogen) atoms. The van der Waals surface area contributed by atoms with E-state index in [9.17, 15) is 0 Å². The van der Waals surface area contributed by atoms with Gasteiger partial charge in [0.05, 0.1) is 17.2 Å². The average Bonchev–Trinajstić information content (AvgIpc) is 2.88. The van der Waals surface area contributed by atoms with Crippen LogP contribution in [0.15, 0.2) is 54.7 Å². The molecule has 0 saturated carbocycles. The molecule has 0 spiro atoms. The molecule has 0 aliphatic heterocycles. The van der Waals surface area contributed by atoms with Gasteiger partial charge >= 0.3 is 0 Å². The Morgan fingerprint density at radius 2 is 1.61 bits per heavy atom. The zero-order valence-corrected chi connectivity index (χ0v) is 10.1. The predicted molar refractivity (Wildman–Crippen MR) is 74.9 cm³/mol. The van der Waals surface area contributed by atoms with E-state index in [0.29, 0.717) is 0 Å². The van der Waals surface area contributed by atoms with Crippen LogP contribution in [-0.4, -0.2) is 9.61 Å². The second-order valence-corrected chi connectivity index (χ2v) is 4.64. The number of pyridine rings is 1. The molecule has 0 amide bonds. The maximum Gasteiger partial charge on any atom is 0.0760 e. The summed E-state index contributed by atoms with van der Waals surface area (Å²) in [6.07, 6.45) is 1.87. The van der Waals surface area contributed by atoms with Gasteiger partial charge in [0.1, 0.15) is 0 Å². The monoisotopic (exact) mass is 232 g/mol. The molecule has 2 aromatic heterocycles. The van der Waals surface area contributed by atoms with E-state index in [1.165, 1.54) is 32.8 Å². The molecule has 0 bridgehead atoms. The van der Waals surface area contributed by atoms with Crippen LogP contribution in [-0.2, 0) is 0 Å². The largest absolute Gasteiger partial charge is 0.232 e. The number of benzene rings is 2. The van der Waals surface area contributed by atoms with Crippen molar-refractivity contribution in [1.82, 2.24) is 9.61 Å². The first-order valence-electron chi connectivity index (χ1n) is 6.10. The standard InChI is InChI=1S/C16H12N2/c1-11-5-4-8-14-12-6-2-3-7-13(12)15-9-10-17-18(15)16(11)14/h2-10H,1H3. The van der Waals surface area contributed by atoms with Gasteiger partial charge in [-0.05, 0) is 23.9 Å². The molecule has 86 valence electrons. The molecule has 2 aromatic carbocycles. The molecule has 0 atom stereocenters. The highest BCUT2D eigenvalue weighted by atomic mass is 15.2. The van der Waals surface area contributed by atoms with E-state index >= 15 is 0 Å². The summed E-state index contributed by atoms with van der Waals surface area (Å²) in [6, 6.07) is 17.0. The molecule has 0 aliphatic carbocycles. The van der Waals surface area contributed by atoms with Gasteiger partial charge in [0.25, 0.3) is 0 Å². The van der Waals surface area contributed by atoms with Gasteiger partial charge in [-0.25, -0.2) is 4.52 Å². The molecule has 4 aromatic rings. The number of hydrogen-bond acceptors (Lipinski definition) is 1. The minimum atomic E-state index is 1.17. The number of aromatic nitrogens is 2. The van der Waals surface area contributed by atoms with E-state index in [1.807, 2.05) is 10.7 Å². The van der Waals surface area contributed by atoms with Gasteiger partial charge in [-0.1, -0.05) is 42.5 Å². The third kappa shape index (κ3) is 1.10. The van der Waals surface area contributed by atoms with Crippen molar-refractivity contribution in [2.24, 2.45) is 0 Å². The number of rotatable bonds is 0. The summed E-state index contributed by atoms with van der Waals surface area (Å²) in [6.45, 7) is 2.14. The fourth-order valence-electron chi connectivity index (χ4n) is 2.78. The van der Waals surface area contributed by atoms with Gasteiger partial charge < -0.3 is 0 Å². The molecular formula is C16H12N2. The lowest BCUT2D eigenvalue weighted by molar-refractivity contribution is 1.00. The van der Waals surface area contributed by atoms with Crippen LogP contribution >= 0.6 is 0 Å². The first kappa shape index (κ1) is 9.66. The fraction of sp³-hybridized carbons (Fsp3) is 0.0625. The first-order chi connectivity index (χ1) is 8.86. The lowest BCUT2D eigenvalue weighted by Gasteiger charge is -2.09. The molecule has 4 rings (SSSR count). The fourth-order valence-corrected chi connectivity index (χ4v) is 2.78. The van der Waals surface area contributed by atoms with Gasteiger partial charge in [-0.2, -0.15) is 5.10 Å². The lowest BCUT2D eigenvalue weighted by Crippen LogP contribution is -1.94. The minimum Gasteiger partial charge on any atom is -0.232 e. The summed E-state index contributed by atoms with van der Waals surface area (Å²) in [4.78, 5) is 0. The van der Waals surface area contributed by atoms with Crippen LogP contribution in [0, 0.1) is 6.92 Å². The summed E-state index contributed by atoms with van der Waals surface area (Å²) < 4.78 is 2.05. The molecule has 0 radical (unpaired) electrons. The SMILES string of the molecule is Cc1cccc2c3ccccc3c3ccnn3c12. The average molecular weight is 232 g/mol. The van der Waals surface area contributed by atoms with Crippen LogP contribution < -0.4 is 0 Å². The quantitative estimate of drug-likeness (QED) is 0.420. The van der Waals surface area contributed by atoms with Crippen molar-refractivity contribution in [2.45, 2.75) is 6.92 Å². The molecule has 0 N–H and O–H groups in total. The van der Waals surface area contributed by atoms with Crippen LogP contribution in [0.1, 0.15) is 5.56 Å². The topological polar surface area (TPSA) is 17.3 Å². The minimum absolute atomic E-state index is 1.17. The Hall–Kier alpha value is -2.35. The van der Waals surface area contributed by atoms with Crippen LogP contribution in [0.3, 0.4) is 0 Å². The van der Waals surface area contributed by atoms with Crippen LogP contribution in [0.2, 0.25) is 0 Å². The maximum atomic E-state index is 4.47. The van der Waals surface area contributed by atoms with E-state index in [4.69, 9.17) is 0 Å². The molecule has 2 heterocycles. The van der Waals surface area contributed by atoms with Gasteiger partial charge in [-0.15, -0.1) is 0 Å². The lowest BCUT2D eigenvalue weighted by atomic mass is 10.0. The van der Waals surface area contributed by atoms with E-state index in [0.717, 1.165) is 0 Å². The third-order valence-corrected chi connectivity index (χ3v) is 3.59.